The number of hydrogen-bond donors (Lipinski definition) is 6. The molecule has 82 heavy (non-hydrogen) atoms. The molecule has 2 aromatic heterocycles. The number of aromatic nitrogens is 3. The van der Waals surface area contributed by atoms with E-state index in [1.54, 1.807) is 22.9 Å². The van der Waals surface area contributed by atoms with Gasteiger partial charge in [-0.25, -0.2) is 13.8 Å². The number of carbonyl (C=O) groups excluding carboxylic acids is 5. The maximum Gasteiger partial charge on any atom is 0.258 e. The molecule has 0 aliphatic carbocycles. The molecule has 436 valence electrons. The van der Waals surface area contributed by atoms with Crippen molar-refractivity contribution in [3.05, 3.63) is 124 Å². The zero-order chi connectivity index (χ0) is 57.9. The summed E-state index contributed by atoms with van der Waals surface area (Å²) in [7, 11) is 0. The van der Waals surface area contributed by atoms with Crippen LogP contribution in [0.1, 0.15) is 85.6 Å². The molecule has 0 radical (unpaired) electrons. The van der Waals surface area contributed by atoms with Crippen molar-refractivity contribution in [2.45, 2.75) is 97.0 Å². The van der Waals surface area contributed by atoms with E-state index in [9.17, 15) is 37.9 Å². The summed E-state index contributed by atoms with van der Waals surface area (Å²) in [5.74, 6) is -2.61. The van der Waals surface area contributed by atoms with Crippen molar-refractivity contribution in [3.8, 4) is 10.4 Å². The number of aliphatic hydroxyl groups excluding tert-OH is 1. The number of nitrogens with one attached hydrogen (secondary N) is 5. The van der Waals surface area contributed by atoms with Gasteiger partial charge in [0.2, 0.25) is 23.6 Å². The van der Waals surface area contributed by atoms with Crippen molar-refractivity contribution in [3.63, 3.8) is 0 Å². The number of piperazine rings is 1. The van der Waals surface area contributed by atoms with Crippen LogP contribution >= 0.6 is 11.3 Å². The first-order valence-electron chi connectivity index (χ1n) is 27.9. The van der Waals surface area contributed by atoms with Crippen LogP contribution in [0.15, 0.2) is 84.4 Å². The van der Waals surface area contributed by atoms with E-state index in [0.29, 0.717) is 72.9 Å². The predicted octanol–water partition coefficient (Wildman–Crippen LogP) is 6.98. The maximum atomic E-state index is 14.1. The van der Waals surface area contributed by atoms with Crippen molar-refractivity contribution in [2.75, 3.05) is 87.9 Å². The van der Waals surface area contributed by atoms with Crippen molar-refractivity contribution in [2.24, 2.45) is 5.41 Å². The molecule has 5 heterocycles. The standard InChI is InChI=1S/C60H72F2N10O9S/c1-37-54(82-36-64-37)41-8-5-38(6-9-41)34-63-58(77)51-33-46(73)35-72(51)59(78)55(60(2,3)4)66-52(74)15-23-80-25-26-81-24-16-53(75)71-19-17-70(18-20-71)45-10-11-47(50(32-45)65-44-13-21-79-22-14-44)57(76)67-56-48-30-39(7-12-49(48)68-69-56)27-40-28-42(61)31-43(62)29-40/h5-12,28-32,36,44,46,51,55,65,73H,13-27,33-35H2,1-4H3,(H,63,77)(H,66,74)(H2,67,68,69,76)/t46-,51+,55?/m1/s1. The molecule has 6 N–H and O–H groups in total. The number of rotatable bonds is 22. The molecular formula is C60H72F2N10O9S. The van der Waals surface area contributed by atoms with Gasteiger partial charge in [0.1, 0.15) is 23.7 Å². The third kappa shape index (κ3) is 15.4. The van der Waals surface area contributed by atoms with E-state index in [0.717, 1.165) is 51.9 Å². The SMILES string of the molecule is Cc1ncsc1-c1ccc(CNC(=O)[C@@H]2C[C@@H](O)CN2C(=O)C(NC(=O)CCOCCOCCC(=O)N2CCN(c3ccc(C(=O)Nc4n[nH]c5ccc(Cc6cc(F)cc(F)c6)cc45)c(NC4CCOCC4)c3)CC2)C(C)(C)C)cc1. The molecule has 3 aliphatic heterocycles. The van der Waals surface area contributed by atoms with Crippen LogP contribution in [0.25, 0.3) is 21.3 Å². The van der Waals surface area contributed by atoms with Crippen LogP contribution in [-0.4, -0.2) is 156 Å². The summed E-state index contributed by atoms with van der Waals surface area (Å²) in [6.07, 6.45) is 1.19. The highest BCUT2D eigenvalue weighted by atomic mass is 32.1. The smallest absolute Gasteiger partial charge is 0.258 e. The van der Waals surface area contributed by atoms with Crippen molar-refractivity contribution < 1.29 is 52.1 Å². The van der Waals surface area contributed by atoms with E-state index in [4.69, 9.17) is 14.2 Å². The van der Waals surface area contributed by atoms with E-state index in [1.165, 1.54) is 17.0 Å². The van der Waals surface area contributed by atoms with Crippen LogP contribution in [-0.2, 0) is 46.4 Å². The molecule has 0 spiro atoms. The molecule has 22 heteroatoms. The van der Waals surface area contributed by atoms with Gasteiger partial charge in [0.05, 0.1) is 66.1 Å². The second-order valence-corrected chi connectivity index (χ2v) is 23.0. The average molecular weight is 1150 g/mol. The normalized spacial score (nSPS) is 17.2. The number of hydrogen-bond acceptors (Lipinski definition) is 14. The number of carbonyl (C=O) groups is 5. The summed E-state index contributed by atoms with van der Waals surface area (Å²) < 4.78 is 44.9. The summed E-state index contributed by atoms with van der Waals surface area (Å²) in [4.78, 5) is 78.8. The summed E-state index contributed by atoms with van der Waals surface area (Å²) in [5.41, 5.74) is 7.92. The number of aryl methyl sites for hydroxylation is 1. The van der Waals surface area contributed by atoms with Gasteiger partial charge in [-0.15, -0.1) is 11.3 Å². The minimum atomic E-state index is -0.969. The van der Waals surface area contributed by atoms with Gasteiger partial charge in [0, 0.05) is 94.2 Å². The Labute approximate surface area is 479 Å². The molecule has 6 aromatic rings. The molecule has 3 fully saturated rings. The van der Waals surface area contributed by atoms with Crippen LogP contribution in [0.3, 0.4) is 0 Å². The lowest BCUT2D eigenvalue weighted by molar-refractivity contribution is -0.144. The highest BCUT2D eigenvalue weighted by Crippen LogP contribution is 2.32. The summed E-state index contributed by atoms with van der Waals surface area (Å²) >= 11 is 1.56. The molecule has 3 atom stereocenters. The molecule has 19 nitrogen and oxygen atoms in total. The molecule has 0 bridgehead atoms. The number of likely N-dealkylation sites (tertiary alicyclic amines) is 1. The summed E-state index contributed by atoms with van der Waals surface area (Å²) in [6, 6.07) is 20.7. The number of fused-ring (bicyclic) bond motifs is 1. The van der Waals surface area contributed by atoms with E-state index < -0.39 is 47.1 Å². The molecule has 5 amide bonds. The zero-order valence-corrected chi connectivity index (χ0v) is 47.6. The number of thiazole rings is 1. The Kier molecular flexibility index (Phi) is 19.6. The largest absolute Gasteiger partial charge is 0.391 e. The monoisotopic (exact) mass is 1150 g/mol. The fourth-order valence-electron chi connectivity index (χ4n) is 10.5. The first-order chi connectivity index (χ1) is 39.4. The number of ether oxygens (including phenoxy) is 3. The lowest BCUT2D eigenvalue weighted by Gasteiger charge is -2.36. The lowest BCUT2D eigenvalue weighted by atomic mass is 9.85. The fourth-order valence-corrected chi connectivity index (χ4v) is 11.3. The van der Waals surface area contributed by atoms with E-state index in [-0.39, 0.29) is 89.0 Å². The first kappa shape index (κ1) is 59.3. The number of aliphatic hydroxyl groups is 1. The third-order valence-corrected chi connectivity index (χ3v) is 16.0. The number of β-amino-alcohol motifs (C(OH)–C–C–N with tert-alkyl or cyclic N) is 1. The Morgan fingerprint density at radius 1 is 0.854 bits per heavy atom. The lowest BCUT2D eigenvalue weighted by Crippen LogP contribution is -2.57. The fraction of sp³-hybridized carbons (Fsp3) is 0.450. The van der Waals surface area contributed by atoms with Gasteiger partial charge in [-0.3, -0.25) is 29.1 Å². The predicted molar refractivity (Wildman–Crippen MR) is 308 cm³/mol. The van der Waals surface area contributed by atoms with Crippen LogP contribution in [0.2, 0.25) is 0 Å². The van der Waals surface area contributed by atoms with Crippen LogP contribution < -0.4 is 26.2 Å². The number of amides is 5. The Balaban J connectivity index is 0.690. The van der Waals surface area contributed by atoms with Gasteiger partial charge in [-0.2, -0.15) is 5.10 Å². The molecular weight excluding hydrogens is 1070 g/mol. The Morgan fingerprint density at radius 3 is 2.26 bits per heavy atom. The summed E-state index contributed by atoms with van der Waals surface area (Å²) in [6.45, 7) is 11.7. The van der Waals surface area contributed by atoms with E-state index >= 15 is 0 Å². The van der Waals surface area contributed by atoms with E-state index in [1.807, 2.05) is 87.2 Å². The van der Waals surface area contributed by atoms with Crippen molar-refractivity contribution in [1.29, 1.82) is 0 Å². The molecule has 3 saturated heterocycles. The Morgan fingerprint density at radius 2 is 1.56 bits per heavy atom. The van der Waals surface area contributed by atoms with Crippen LogP contribution in [0.4, 0.5) is 26.0 Å². The van der Waals surface area contributed by atoms with E-state index in [2.05, 4.69) is 41.3 Å². The van der Waals surface area contributed by atoms with Gasteiger partial charge in [0.15, 0.2) is 5.82 Å². The summed E-state index contributed by atoms with van der Waals surface area (Å²) in [5, 5.41) is 31.0. The second-order valence-electron chi connectivity index (χ2n) is 22.2. The molecule has 3 aliphatic rings. The number of benzene rings is 4. The molecule has 1 unspecified atom stereocenters. The zero-order valence-electron chi connectivity index (χ0n) is 46.7. The second kappa shape index (κ2) is 27.1. The molecule has 4 aromatic carbocycles. The molecule has 0 saturated carbocycles. The van der Waals surface area contributed by atoms with Crippen LogP contribution in [0, 0.1) is 24.0 Å². The Hall–Kier alpha value is -7.37. The number of nitrogens with zero attached hydrogens (tertiary/aromatic N) is 5. The van der Waals surface area contributed by atoms with Gasteiger partial charge in [0.25, 0.3) is 5.91 Å². The third-order valence-electron chi connectivity index (χ3n) is 15.0. The molecule has 9 rings (SSSR count). The van der Waals surface area contributed by atoms with Crippen molar-refractivity contribution >= 4 is 69.0 Å². The first-order valence-corrected chi connectivity index (χ1v) is 28.8. The number of halogens is 2. The topological polar surface area (TPSA) is 233 Å². The van der Waals surface area contributed by atoms with Gasteiger partial charge >= 0.3 is 0 Å². The van der Waals surface area contributed by atoms with Crippen LogP contribution in [0.5, 0.6) is 0 Å². The van der Waals surface area contributed by atoms with Gasteiger partial charge in [-0.05, 0) is 96.3 Å². The minimum Gasteiger partial charge on any atom is -0.391 e. The number of H-pyrrole nitrogens is 1. The highest BCUT2D eigenvalue weighted by Gasteiger charge is 2.44. The van der Waals surface area contributed by atoms with Gasteiger partial charge in [-0.1, -0.05) is 51.1 Å². The highest BCUT2D eigenvalue weighted by molar-refractivity contribution is 7.13. The maximum absolute atomic E-state index is 14.1. The Bertz CT molecular complexity index is 3190. The van der Waals surface area contributed by atoms with Gasteiger partial charge < -0.3 is 55.3 Å². The quantitative estimate of drug-likeness (QED) is 0.0378. The minimum absolute atomic E-state index is 0.0238. The van der Waals surface area contributed by atoms with Crippen molar-refractivity contribution in [1.82, 2.24) is 35.6 Å². The number of aromatic amines is 1. The average Bonchev–Trinajstić information content (AvgIpc) is 4.25. The number of anilines is 3.